The minimum absolute atomic E-state index is 0.0803. The molecule has 1 aliphatic rings. The van der Waals surface area contributed by atoms with Crippen LogP contribution in [0.1, 0.15) is 17.4 Å². The Hall–Kier alpha value is -1.73. The van der Waals surface area contributed by atoms with Crippen molar-refractivity contribution in [1.29, 1.82) is 0 Å². The standard InChI is InChI=1S/C17H16Br2N2O7S/c1-27-15-13(18)9-7-8-20(17(22)12(9)14(19)16(15)28-2)29(25,26)11-6-4-3-5-10(11)21(23)24/h3-6,17,22H,7-8H2,1-2H3. The molecule has 0 fully saturated rings. The van der Waals surface area contributed by atoms with Crippen molar-refractivity contribution in [3.8, 4) is 11.5 Å². The van der Waals surface area contributed by atoms with E-state index >= 15 is 0 Å². The summed E-state index contributed by atoms with van der Waals surface area (Å²) in [6, 6.07) is 5.03. The minimum atomic E-state index is -4.36. The topological polar surface area (TPSA) is 119 Å². The third kappa shape index (κ3) is 3.52. The zero-order valence-corrected chi connectivity index (χ0v) is 19.2. The number of sulfonamides is 1. The molecule has 0 aliphatic carbocycles. The Morgan fingerprint density at radius 3 is 2.34 bits per heavy atom. The van der Waals surface area contributed by atoms with Crippen molar-refractivity contribution in [2.45, 2.75) is 17.5 Å². The molecule has 3 rings (SSSR count). The molecule has 2 aromatic carbocycles. The van der Waals surface area contributed by atoms with Crippen LogP contribution in [-0.2, 0) is 16.4 Å². The molecule has 1 unspecified atom stereocenters. The first-order chi connectivity index (χ1) is 13.7. The number of methoxy groups -OCH3 is 2. The number of ether oxygens (including phenoxy) is 2. The van der Waals surface area contributed by atoms with E-state index in [1.807, 2.05) is 0 Å². The van der Waals surface area contributed by atoms with Crippen molar-refractivity contribution in [2.24, 2.45) is 0 Å². The predicted molar refractivity (Wildman–Crippen MR) is 111 cm³/mol. The van der Waals surface area contributed by atoms with Gasteiger partial charge in [-0.25, -0.2) is 8.42 Å². The predicted octanol–water partition coefficient (Wildman–Crippen LogP) is 3.37. The van der Waals surface area contributed by atoms with Crippen molar-refractivity contribution >= 4 is 47.6 Å². The van der Waals surface area contributed by atoms with Gasteiger partial charge in [0.25, 0.3) is 15.7 Å². The van der Waals surface area contributed by atoms with Gasteiger partial charge in [-0.15, -0.1) is 0 Å². The van der Waals surface area contributed by atoms with Crippen LogP contribution in [0.2, 0.25) is 0 Å². The first-order valence-electron chi connectivity index (χ1n) is 8.21. The minimum Gasteiger partial charge on any atom is -0.492 e. The van der Waals surface area contributed by atoms with Gasteiger partial charge in [0, 0.05) is 18.2 Å². The number of nitro groups is 1. The summed E-state index contributed by atoms with van der Waals surface area (Å²) in [6.45, 7) is -0.0803. The van der Waals surface area contributed by atoms with Crippen LogP contribution in [0.4, 0.5) is 5.69 Å². The maximum Gasteiger partial charge on any atom is 0.289 e. The number of hydrogen-bond acceptors (Lipinski definition) is 7. The fourth-order valence-electron chi connectivity index (χ4n) is 3.28. The van der Waals surface area contributed by atoms with E-state index in [1.54, 1.807) is 0 Å². The molecule has 2 aromatic rings. The van der Waals surface area contributed by atoms with Gasteiger partial charge in [-0.3, -0.25) is 10.1 Å². The molecule has 1 aliphatic heterocycles. The van der Waals surface area contributed by atoms with Gasteiger partial charge in [0.05, 0.1) is 28.1 Å². The maximum absolute atomic E-state index is 13.2. The van der Waals surface area contributed by atoms with Gasteiger partial charge in [-0.2, -0.15) is 4.31 Å². The van der Waals surface area contributed by atoms with Crippen LogP contribution in [0, 0.1) is 10.1 Å². The number of para-hydroxylation sites is 1. The van der Waals surface area contributed by atoms with Crippen LogP contribution >= 0.6 is 31.9 Å². The zero-order chi connectivity index (χ0) is 21.5. The van der Waals surface area contributed by atoms with Crippen LogP contribution in [0.25, 0.3) is 0 Å². The van der Waals surface area contributed by atoms with Crippen molar-refractivity contribution in [1.82, 2.24) is 4.31 Å². The first-order valence-corrected chi connectivity index (χ1v) is 11.2. The summed E-state index contributed by atoms with van der Waals surface area (Å²) in [4.78, 5) is 10.1. The summed E-state index contributed by atoms with van der Waals surface area (Å²) in [5.41, 5.74) is 0.372. The summed E-state index contributed by atoms with van der Waals surface area (Å²) >= 11 is 6.80. The van der Waals surface area contributed by atoms with Gasteiger partial charge < -0.3 is 14.6 Å². The van der Waals surface area contributed by atoms with E-state index in [0.29, 0.717) is 20.3 Å². The highest BCUT2D eigenvalue weighted by atomic mass is 79.9. The van der Waals surface area contributed by atoms with Crippen LogP contribution in [0.5, 0.6) is 11.5 Å². The Balaban J connectivity index is 2.17. The third-order valence-electron chi connectivity index (χ3n) is 4.60. The van der Waals surface area contributed by atoms with Crippen LogP contribution < -0.4 is 9.47 Å². The second kappa shape index (κ2) is 8.19. The van der Waals surface area contributed by atoms with Gasteiger partial charge >= 0.3 is 0 Å². The molecule has 1 atom stereocenters. The summed E-state index contributed by atoms with van der Waals surface area (Å²) in [7, 11) is -1.48. The Bertz CT molecular complexity index is 1090. The van der Waals surface area contributed by atoms with Crippen LogP contribution in [0.15, 0.2) is 38.1 Å². The Morgan fingerprint density at radius 1 is 1.17 bits per heavy atom. The van der Waals surface area contributed by atoms with Crippen molar-refractivity contribution in [2.75, 3.05) is 20.8 Å². The maximum atomic E-state index is 13.2. The largest absolute Gasteiger partial charge is 0.492 e. The van der Waals surface area contributed by atoms with Gasteiger partial charge in [0.15, 0.2) is 16.4 Å². The normalized spacial score (nSPS) is 16.9. The van der Waals surface area contributed by atoms with Crippen molar-refractivity contribution in [3.63, 3.8) is 0 Å². The van der Waals surface area contributed by atoms with E-state index in [0.717, 1.165) is 16.4 Å². The first kappa shape index (κ1) is 22.0. The molecule has 29 heavy (non-hydrogen) atoms. The SMILES string of the molecule is COc1c(Br)c2c(c(Br)c1OC)C(O)N(S(=O)(=O)c1ccccc1[N+](=O)[O-])CC2. The van der Waals surface area contributed by atoms with Crippen molar-refractivity contribution < 1.29 is 27.9 Å². The molecule has 0 aromatic heterocycles. The highest BCUT2D eigenvalue weighted by molar-refractivity contribution is 9.11. The number of benzene rings is 2. The summed E-state index contributed by atoms with van der Waals surface area (Å²) in [5, 5.41) is 22.3. The highest BCUT2D eigenvalue weighted by Gasteiger charge is 2.41. The molecule has 156 valence electrons. The fourth-order valence-corrected chi connectivity index (χ4v) is 6.43. The smallest absolute Gasteiger partial charge is 0.289 e. The quantitative estimate of drug-likeness (QED) is 0.447. The molecule has 1 heterocycles. The van der Waals surface area contributed by atoms with E-state index in [1.165, 1.54) is 26.4 Å². The van der Waals surface area contributed by atoms with Gasteiger partial charge in [-0.05, 0) is 49.9 Å². The molecule has 9 nitrogen and oxygen atoms in total. The summed E-state index contributed by atoms with van der Waals surface area (Å²) in [5.74, 6) is 0.683. The fraction of sp³-hybridized carbons (Fsp3) is 0.294. The molecular formula is C17H16Br2N2O7S. The van der Waals surface area contributed by atoms with E-state index in [4.69, 9.17) is 9.47 Å². The average molecular weight is 552 g/mol. The summed E-state index contributed by atoms with van der Waals surface area (Å²) < 4.78 is 38.8. The second-order valence-corrected chi connectivity index (χ2v) is 9.50. The van der Waals surface area contributed by atoms with Crippen molar-refractivity contribution in [3.05, 3.63) is 54.5 Å². The van der Waals surface area contributed by atoms with Crippen LogP contribution in [0.3, 0.4) is 0 Å². The Labute approximate surface area is 183 Å². The molecule has 0 saturated heterocycles. The zero-order valence-electron chi connectivity index (χ0n) is 15.3. The monoisotopic (exact) mass is 550 g/mol. The second-order valence-electron chi connectivity index (χ2n) is 6.05. The molecular weight excluding hydrogens is 536 g/mol. The molecule has 12 heteroatoms. The lowest BCUT2D eigenvalue weighted by atomic mass is 9.98. The van der Waals surface area contributed by atoms with E-state index in [2.05, 4.69) is 31.9 Å². The molecule has 0 amide bonds. The number of rotatable bonds is 5. The van der Waals surface area contributed by atoms with E-state index in [-0.39, 0.29) is 24.3 Å². The van der Waals surface area contributed by atoms with E-state index in [9.17, 15) is 23.6 Å². The van der Waals surface area contributed by atoms with Gasteiger partial charge in [0.2, 0.25) is 0 Å². The van der Waals surface area contributed by atoms with Crippen LogP contribution in [-0.4, -0.2) is 43.5 Å². The number of hydrogen-bond donors (Lipinski definition) is 1. The lowest BCUT2D eigenvalue weighted by molar-refractivity contribution is -0.387. The molecule has 0 radical (unpaired) electrons. The molecule has 0 saturated carbocycles. The van der Waals surface area contributed by atoms with E-state index < -0.39 is 31.8 Å². The lowest BCUT2D eigenvalue weighted by Gasteiger charge is -2.35. The average Bonchev–Trinajstić information content (AvgIpc) is 2.69. The lowest BCUT2D eigenvalue weighted by Crippen LogP contribution is -2.40. The Kier molecular flexibility index (Phi) is 6.20. The number of nitrogens with zero attached hydrogens (tertiary/aromatic N) is 2. The number of halogens is 2. The number of nitro benzene ring substituents is 1. The number of aliphatic hydroxyl groups excluding tert-OH is 1. The third-order valence-corrected chi connectivity index (χ3v) is 8.13. The number of fused-ring (bicyclic) bond motifs is 1. The Morgan fingerprint density at radius 2 is 1.76 bits per heavy atom. The van der Waals surface area contributed by atoms with Gasteiger partial charge in [0.1, 0.15) is 6.23 Å². The van der Waals surface area contributed by atoms with Gasteiger partial charge in [-0.1, -0.05) is 12.1 Å². The number of aliphatic hydroxyl groups is 1. The molecule has 1 N–H and O–H groups in total. The highest BCUT2D eigenvalue weighted by Crippen LogP contribution is 2.50. The summed E-state index contributed by atoms with van der Waals surface area (Å²) in [6.07, 6.45) is -1.35. The molecule has 0 bridgehead atoms. The molecule has 0 spiro atoms.